The third-order valence-corrected chi connectivity index (χ3v) is 7.87. The Bertz CT molecular complexity index is 1390. The van der Waals surface area contributed by atoms with Crippen molar-refractivity contribution in [1.29, 1.82) is 0 Å². The Kier molecular flexibility index (Phi) is 8.48. The topological polar surface area (TPSA) is 57.7 Å². The molecule has 0 fully saturated rings. The lowest BCUT2D eigenvalue weighted by atomic mass is 10.1. The molecule has 4 rings (SSSR count). The third-order valence-electron chi connectivity index (χ3n) is 6.06. The number of benzene rings is 4. The number of amides is 1. The lowest BCUT2D eigenvalue weighted by Crippen LogP contribution is -2.42. The quantitative estimate of drug-likeness (QED) is 0.278. The number of hydrogen-bond acceptors (Lipinski definition) is 3. The lowest BCUT2D eigenvalue weighted by Gasteiger charge is -2.28. The first-order valence-corrected chi connectivity index (χ1v) is 13.4. The van der Waals surface area contributed by atoms with Gasteiger partial charge in [-0.05, 0) is 36.2 Å². The first-order valence-electron chi connectivity index (χ1n) is 12.0. The van der Waals surface area contributed by atoms with Gasteiger partial charge in [-0.25, -0.2) is 12.8 Å². The number of carbonyl (C=O) groups is 1. The van der Waals surface area contributed by atoms with Crippen molar-refractivity contribution in [3.8, 4) is 0 Å². The average molecular weight is 517 g/mol. The van der Waals surface area contributed by atoms with E-state index >= 15 is 0 Å². The molecule has 1 amide bonds. The van der Waals surface area contributed by atoms with Crippen molar-refractivity contribution in [3.05, 3.63) is 137 Å². The van der Waals surface area contributed by atoms with Crippen LogP contribution in [0.1, 0.15) is 22.3 Å². The summed E-state index contributed by atoms with van der Waals surface area (Å²) in [6, 6.07) is 31.5. The monoisotopic (exact) mass is 516 g/mol. The molecule has 0 saturated carbocycles. The van der Waals surface area contributed by atoms with Crippen LogP contribution in [0.3, 0.4) is 0 Å². The molecular formula is C30H29FN2O3S. The summed E-state index contributed by atoms with van der Waals surface area (Å²) < 4.78 is 42.9. The largest absolute Gasteiger partial charge is 0.333 e. The van der Waals surface area contributed by atoms with Crippen molar-refractivity contribution in [1.82, 2.24) is 9.21 Å². The highest BCUT2D eigenvalue weighted by Gasteiger charge is 2.29. The van der Waals surface area contributed by atoms with Crippen LogP contribution in [0.4, 0.5) is 4.39 Å². The number of carbonyl (C=O) groups excluding carboxylic acids is 1. The van der Waals surface area contributed by atoms with Crippen LogP contribution < -0.4 is 0 Å². The Morgan fingerprint density at radius 2 is 1.22 bits per heavy atom. The van der Waals surface area contributed by atoms with E-state index in [9.17, 15) is 17.6 Å². The molecule has 5 nitrogen and oxygen atoms in total. The van der Waals surface area contributed by atoms with Crippen LogP contribution in [0.2, 0.25) is 0 Å². The van der Waals surface area contributed by atoms with Crippen molar-refractivity contribution in [3.63, 3.8) is 0 Å². The molecule has 0 saturated heterocycles. The first kappa shape index (κ1) is 26.3. The number of halogens is 1. The highest BCUT2D eigenvalue weighted by Crippen LogP contribution is 2.21. The Labute approximate surface area is 217 Å². The molecule has 0 aromatic heterocycles. The summed E-state index contributed by atoms with van der Waals surface area (Å²) >= 11 is 0. The van der Waals surface area contributed by atoms with Crippen molar-refractivity contribution in [2.75, 3.05) is 6.54 Å². The molecule has 4 aromatic carbocycles. The van der Waals surface area contributed by atoms with Gasteiger partial charge in [-0.15, -0.1) is 0 Å². The molecule has 190 valence electrons. The predicted octanol–water partition coefficient (Wildman–Crippen LogP) is 5.55. The van der Waals surface area contributed by atoms with E-state index in [4.69, 9.17) is 0 Å². The number of sulfonamides is 1. The van der Waals surface area contributed by atoms with Gasteiger partial charge in [0.05, 0.1) is 11.4 Å². The second-order valence-corrected chi connectivity index (χ2v) is 10.8. The molecule has 0 unspecified atom stereocenters. The van der Waals surface area contributed by atoms with Crippen molar-refractivity contribution >= 4 is 15.9 Å². The van der Waals surface area contributed by atoms with Crippen LogP contribution in [0.25, 0.3) is 0 Å². The smallest absolute Gasteiger partial charge is 0.243 e. The van der Waals surface area contributed by atoms with Crippen LogP contribution in [-0.2, 0) is 34.5 Å². The van der Waals surface area contributed by atoms with E-state index in [0.29, 0.717) is 13.1 Å². The summed E-state index contributed by atoms with van der Waals surface area (Å²) in [5.74, 6) is -0.899. The summed E-state index contributed by atoms with van der Waals surface area (Å²) in [5, 5.41) is 0. The fourth-order valence-corrected chi connectivity index (χ4v) is 5.36. The minimum Gasteiger partial charge on any atom is -0.333 e. The van der Waals surface area contributed by atoms with Gasteiger partial charge in [-0.1, -0.05) is 96.6 Å². The minimum absolute atomic E-state index is 0.0555. The summed E-state index contributed by atoms with van der Waals surface area (Å²) in [5.41, 5.74) is 2.96. The second-order valence-electron chi connectivity index (χ2n) is 8.90. The van der Waals surface area contributed by atoms with Crippen LogP contribution >= 0.6 is 0 Å². The van der Waals surface area contributed by atoms with Gasteiger partial charge in [-0.2, -0.15) is 4.31 Å². The van der Waals surface area contributed by atoms with E-state index in [0.717, 1.165) is 21.0 Å². The predicted molar refractivity (Wildman–Crippen MR) is 142 cm³/mol. The van der Waals surface area contributed by atoms with Crippen molar-refractivity contribution in [2.24, 2.45) is 0 Å². The minimum atomic E-state index is -4.09. The van der Waals surface area contributed by atoms with E-state index < -0.39 is 22.4 Å². The Morgan fingerprint density at radius 1 is 0.703 bits per heavy atom. The van der Waals surface area contributed by atoms with E-state index in [1.807, 2.05) is 67.6 Å². The lowest BCUT2D eigenvalue weighted by molar-refractivity contribution is -0.132. The molecule has 37 heavy (non-hydrogen) atoms. The zero-order chi connectivity index (χ0) is 26.3. The summed E-state index contributed by atoms with van der Waals surface area (Å²) in [7, 11) is -4.09. The molecular weight excluding hydrogens is 487 g/mol. The van der Waals surface area contributed by atoms with Gasteiger partial charge >= 0.3 is 0 Å². The average Bonchev–Trinajstić information content (AvgIpc) is 2.90. The molecule has 0 aliphatic carbocycles. The molecule has 0 aliphatic heterocycles. The molecule has 0 atom stereocenters. The van der Waals surface area contributed by atoms with Gasteiger partial charge in [0, 0.05) is 25.2 Å². The molecule has 4 aromatic rings. The highest BCUT2D eigenvalue weighted by molar-refractivity contribution is 7.89. The van der Waals surface area contributed by atoms with Gasteiger partial charge in [0.1, 0.15) is 5.82 Å². The third kappa shape index (κ3) is 6.90. The highest BCUT2D eigenvalue weighted by atomic mass is 32.2. The summed E-state index contributed by atoms with van der Waals surface area (Å²) in [4.78, 5) is 15.4. The Balaban J connectivity index is 1.66. The normalized spacial score (nSPS) is 11.4. The van der Waals surface area contributed by atoms with E-state index in [-0.39, 0.29) is 22.9 Å². The zero-order valence-electron chi connectivity index (χ0n) is 20.6. The molecule has 0 aliphatic rings. The van der Waals surface area contributed by atoms with Crippen LogP contribution in [-0.4, -0.2) is 30.1 Å². The van der Waals surface area contributed by atoms with E-state index in [1.165, 1.54) is 24.3 Å². The van der Waals surface area contributed by atoms with E-state index in [2.05, 4.69) is 0 Å². The standard InChI is InChI=1S/C30H29FN2O3S/c1-24-16-18-28(19-17-24)37(35,36)33(22-27-14-8-9-15-29(27)31)23-30(34)32(20-25-10-4-2-5-11-25)21-26-12-6-3-7-13-26/h2-19H,20-23H2,1H3. The van der Waals surface area contributed by atoms with E-state index in [1.54, 1.807) is 29.2 Å². The summed E-state index contributed by atoms with van der Waals surface area (Å²) in [6.45, 7) is 1.80. The molecule has 0 radical (unpaired) electrons. The van der Waals surface area contributed by atoms with Crippen molar-refractivity contribution in [2.45, 2.75) is 31.5 Å². The molecule has 0 spiro atoms. The number of rotatable bonds is 10. The zero-order valence-corrected chi connectivity index (χ0v) is 21.4. The molecule has 0 heterocycles. The second kappa shape index (κ2) is 12.0. The molecule has 0 bridgehead atoms. The maximum Gasteiger partial charge on any atom is 0.243 e. The number of hydrogen-bond donors (Lipinski definition) is 0. The Morgan fingerprint density at radius 3 is 1.76 bits per heavy atom. The van der Waals surface area contributed by atoms with Gasteiger partial charge in [0.15, 0.2) is 0 Å². The Hall–Kier alpha value is -3.81. The number of nitrogens with zero attached hydrogens (tertiary/aromatic N) is 2. The van der Waals surface area contributed by atoms with Gasteiger partial charge < -0.3 is 4.90 Å². The summed E-state index contributed by atoms with van der Waals surface area (Å²) in [6.07, 6.45) is 0. The maximum absolute atomic E-state index is 14.5. The maximum atomic E-state index is 14.5. The van der Waals surface area contributed by atoms with Gasteiger partial charge in [-0.3, -0.25) is 4.79 Å². The van der Waals surface area contributed by atoms with Crippen LogP contribution in [0.5, 0.6) is 0 Å². The fraction of sp³-hybridized carbons (Fsp3) is 0.167. The molecule has 7 heteroatoms. The SMILES string of the molecule is Cc1ccc(S(=O)(=O)N(CC(=O)N(Cc2ccccc2)Cc2ccccc2)Cc2ccccc2F)cc1. The fourth-order valence-electron chi connectivity index (χ4n) is 3.99. The van der Waals surface area contributed by atoms with Crippen molar-refractivity contribution < 1.29 is 17.6 Å². The first-order chi connectivity index (χ1) is 17.8. The van der Waals surface area contributed by atoms with Crippen LogP contribution in [0.15, 0.2) is 114 Å². The van der Waals surface area contributed by atoms with Crippen LogP contribution in [0, 0.1) is 12.7 Å². The van der Waals surface area contributed by atoms with Gasteiger partial charge in [0.2, 0.25) is 15.9 Å². The number of aryl methyl sites for hydroxylation is 1. The molecule has 0 N–H and O–H groups in total. The van der Waals surface area contributed by atoms with Gasteiger partial charge in [0.25, 0.3) is 0 Å².